The number of hydrogen-bond acceptors (Lipinski definition) is 2. The van der Waals surface area contributed by atoms with Gasteiger partial charge in [0.15, 0.2) is 11.6 Å². The third-order valence-electron chi connectivity index (χ3n) is 3.00. The summed E-state index contributed by atoms with van der Waals surface area (Å²) in [6.45, 7) is 5.09. The fraction of sp³-hybridized carbons (Fsp3) is 0.286. The quantitative estimate of drug-likeness (QED) is 0.905. The van der Waals surface area contributed by atoms with Crippen molar-refractivity contribution < 1.29 is 8.78 Å². The highest BCUT2D eigenvalue weighted by Gasteiger charge is 2.19. The van der Waals surface area contributed by atoms with Gasteiger partial charge >= 0.3 is 0 Å². The molecule has 0 bridgehead atoms. The average Bonchev–Trinajstić information content (AvgIpc) is 2.35. The van der Waals surface area contributed by atoms with Crippen LogP contribution in [0.1, 0.15) is 30.9 Å². The van der Waals surface area contributed by atoms with Crippen molar-refractivity contribution in [2.75, 3.05) is 0 Å². The Kier molecular flexibility index (Phi) is 3.46. The van der Waals surface area contributed by atoms with Gasteiger partial charge in [0, 0.05) is 11.1 Å². The minimum atomic E-state index is -0.972. The van der Waals surface area contributed by atoms with Crippen molar-refractivity contribution in [2.45, 2.75) is 26.7 Å². The van der Waals surface area contributed by atoms with Crippen LogP contribution in [0.3, 0.4) is 0 Å². The Bertz CT molecular complexity index is 678. The molecule has 1 aromatic carbocycles. The highest BCUT2D eigenvalue weighted by atomic mass is 19.2. The molecule has 3 nitrogen and oxygen atoms in total. The first kappa shape index (κ1) is 13.4. The van der Waals surface area contributed by atoms with Crippen LogP contribution < -0.4 is 5.56 Å². The summed E-state index contributed by atoms with van der Waals surface area (Å²) in [5, 5.41) is 0. The van der Waals surface area contributed by atoms with Gasteiger partial charge in [0.2, 0.25) is 0 Å². The van der Waals surface area contributed by atoms with Crippen molar-refractivity contribution in [3.8, 4) is 11.3 Å². The van der Waals surface area contributed by atoms with Gasteiger partial charge in [-0.25, -0.2) is 13.8 Å². The number of halogens is 2. The molecule has 0 saturated heterocycles. The van der Waals surface area contributed by atoms with Gasteiger partial charge in [-0.05, 0) is 24.5 Å². The maximum absolute atomic E-state index is 14.0. The lowest BCUT2D eigenvalue weighted by Crippen LogP contribution is -2.16. The normalized spacial score (nSPS) is 11.1. The first-order chi connectivity index (χ1) is 8.93. The Morgan fingerprint density at radius 1 is 1.21 bits per heavy atom. The van der Waals surface area contributed by atoms with E-state index < -0.39 is 11.6 Å². The summed E-state index contributed by atoms with van der Waals surface area (Å²) in [7, 11) is 0. The summed E-state index contributed by atoms with van der Waals surface area (Å²) in [5.41, 5.74) is 0.440. The molecule has 0 unspecified atom stereocenters. The van der Waals surface area contributed by atoms with Crippen LogP contribution in [0.25, 0.3) is 11.3 Å². The van der Waals surface area contributed by atoms with Crippen LogP contribution in [-0.4, -0.2) is 9.97 Å². The summed E-state index contributed by atoms with van der Waals surface area (Å²) in [6.07, 6.45) is 1.20. The van der Waals surface area contributed by atoms with Crippen molar-refractivity contribution in [1.29, 1.82) is 0 Å². The standard InChI is InChI=1S/C14H14F2N2O/c1-7(2)10-13(17-6-18-14(10)19)9-5-4-8(3)11(15)12(9)16/h4-7H,1-3H3,(H,17,18,19). The molecule has 1 heterocycles. The van der Waals surface area contributed by atoms with Crippen LogP contribution in [0.4, 0.5) is 8.78 Å². The zero-order valence-corrected chi connectivity index (χ0v) is 10.9. The third kappa shape index (κ3) is 2.28. The molecule has 1 N–H and O–H groups in total. The van der Waals surface area contributed by atoms with Crippen molar-refractivity contribution in [2.24, 2.45) is 0 Å². The van der Waals surface area contributed by atoms with E-state index in [0.717, 1.165) is 0 Å². The molecule has 100 valence electrons. The predicted molar refractivity (Wildman–Crippen MR) is 69.0 cm³/mol. The van der Waals surface area contributed by atoms with Crippen molar-refractivity contribution in [1.82, 2.24) is 9.97 Å². The van der Waals surface area contributed by atoms with Gasteiger partial charge < -0.3 is 4.98 Å². The van der Waals surface area contributed by atoms with E-state index in [0.29, 0.717) is 5.56 Å². The van der Waals surface area contributed by atoms with Crippen molar-refractivity contribution >= 4 is 0 Å². The lowest BCUT2D eigenvalue weighted by atomic mass is 9.97. The molecule has 0 aliphatic heterocycles. The summed E-state index contributed by atoms with van der Waals surface area (Å²) >= 11 is 0. The molecular formula is C14H14F2N2O. The molecule has 19 heavy (non-hydrogen) atoms. The van der Waals surface area contributed by atoms with Gasteiger partial charge in [0.25, 0.3) is 5.56 Å². The Morgan fingerprint density at radius 2 is 1.89 bits per heavy atom. The molecule has 0 aliphatic rings. The fourth-order valence-corrected chi connectivity index (χ4v) is 1.99. The molecule has 1 aromatic heterocycles. The van der Waals surface area contributed by atoms with E-state index in [1.165, 1.54) is 25.4 Å². The van der Waals surface area contributed by atoms with Crippen LogP contribution in [0.15, 0.2) is 23.3 Å². The molecule has 0 radical (unpaired) electrons. The Morgan fingerprint density at radius 3 is 2.53 bits per heavy atom. The summed E-state index contributed by atoms with van der Waals surface area (Å²) in [6, 6.07) is 2.92. The number of nitrogens with one attached hydrogen (secondary N) is 1. The molecular weight excluding hydrogens is 250 g/mol. The first-order valence-corrected chi connectivity index (χ1v) is 5.96. The maximum atomic E-state index is 14.0. The zero-order chi connectivity index (χ0) is 14.2. The van der Waals surface area contributed by atoms with Crippen LogP contribution in [0.5, 0.6) is 0 Å². The highest BCUT2D eigenvalue weighted by Crippen LogP contribution is 2.28. The van der Waals surface area contributed by atoms with E-state index in [1.807, 2.05) is 0 Å². The molecule has 0 aliphatic carbocycles. The Balaban J connectivity index is 2.77. The van der Waals surface area contributed by atoms with E-state index in [-0.39, 0.29) is 28.3 Å². The number of aromatic nitrogens is 2. The number of hydrogen-bond donors (Lipinski definition) is 1. The molecule has 2 rings (SSSR count). The predicted octanol–water partition coefficient (Wildman–Crippen LogP) is 3.15. The van der Waals surface area contributed by atoms with Gasteiger partial charge in [-0.3, -0.25) is 4.79 Å². The van der Waals surface area contributed by atoms with Crippen LogP contribution in [0, 0.1) is 18.6 Å². The minimum absolute atomic E-state index is 0.0119. The largest absolute Gasteiger partial charge is 0.313 e. The fourth-order valence-electron chi connectivity index (χ4n) is 1.99. The van der Waals surface area contributed by atoms with Crippen molar-refractivity contribution in [3.05, 3.63) is 51.6 Å². The first-order valence-electron chi connectivity index (χ1n) is 5.96. The lowest BCUT2D eigenvalue weighted by molar-refractivity contribution is 0.505. The molecule has 0 atom stereocenters. The summed E-state index contributed by atoms with van der Waals surface area (Å²) in [4.78, 5) is 18.3. The van der Waals surface area contributed by atoms with Crippen LogP contribution in [-0.2, 0) is 0 Å². The maximum Gasteiger partial charge on any atom is 0.254 e. The van der Waals surface area contributed by atoms with E-state index in [2.05, 4.69) is 9.97 Å². The number of benzene rings is 1. The van der Waals surface area contributed by atoms with E-state index in [9.17, 15) is 13.6 Å². The summed E-state index contributed by atoms with van der Waals surface area (Å²) < 4.78 is 27.6. The van der Waals surface area contributed by atoms with Crippen molar-refractivity contribution in [3.63, 3.8) is 0 Å². The molecule has 5 heteroatoms. The Labute approximate surface area is 109 Å². The van der Waals surface area contributed by atoms with Crippen LogP contribution in [0.2, 0.25) is 0 Å². The summed E-state index contributed by atoms with van der Waals surface area (Å²) in [5.74, 6) is -2.02. The van der Waals surface area contributed by atoms with Gasteiger partial charge in [0.1, 0.15) is 0 Å². The lowest BCUT2D eigenvalue weighted by Gasteiger charge is -2.11. The van der Waals surface area contributed by atoms with Gasteiger partial charge in [0.05, 0.1) is 12.0 Å². The smallest absolute Gasteiger partial charge is 0.254 e. The topological polar surface area (TPSA) is 45.8 Å². The molecule has 0 saturated carbocycles. The second-order valence-electron chi connectivity index (χ2n) is 4.71. The molecule has 2 aromatic rings. The number of aryl methyl sites for hydroxylation is 1. The second kappa shape index (κ2) is 4.91. The minimum Gasteiger partial charge on any atom is -0.313 e. The van der Waals surface area contributed by atoms with E-state index in [1.54, 1.807) is 13.8 Å². The monoisotopic (exact) mass is 264 g/mol. The van der Waals surface area contributed by atoms with Gasteiger partial charge in [-0.1, -0.05) is 19.9 Å². The van der Waals surface area contributed by atoms with E-state index in [4.69, 9.17) is 0 Å². The van der Waals surface area contributed by atoms with Gasteiger partial charge in [-0.15, -0.1) is 0 Å². The van der Waals surface area contributed by atoms with Gasteiger partial charge in [-0.2, -0.15) is 0 Å². The highest BCUT2D eigenvalue weighted by molar-refractivity contribution is 5.64. The van der Waals surface area contributed by atoms with E-state index >= 15 is 0 Å². The number of rotatable bonds is 2. The number of aromatic amines is 1. The average molecular weight is 264 g/mol. The SMILES string of the molecule is Cc1ccc(-c2nc[nH]c(=O)c2C(C)C)c(F)c1F. The van der Waals surface area contributed by atoms with Crippen LogP contribution >= 0.6 is 0 Å². The number of H-pyrrole nitrogens is 1. The zero-order valence-electron chi connectivity index (χ0n) is 10.9. The Hall–Kier alpha value is -2.04. The third-order valence-corrected chi connectivity index (χ3v) is 3.00. The molecule has 0 spiro atoms. The number of nitrogens with zero attached hydrogens (tertiary/aromatic N) is 1. The molecule has 0 fully saturated rings. The molecule has 0 amide bonds. The second-order valence-corrected chi connectivity index (χ2v) is 4.71.